The van der Waals surface area contributed by atoms with Crippen molar-refractivity contribution in [1.29, 1.82) is 0 Å². The predicted octanol–water partition coefficient (Wildman–Crippen LogP) is 1.38. The molecule has 0 saturated heterocycles. The van der Waals surface area contributed by atoms with Crippen molar-refractivity contribution in [3.63, 3.8) is 0 Å². The minimum atomic E-state index is -0.999. The van der Waals surface area contributed by atoms with Gasteiger partial charge in [0, 0.05) is 18.8 Å². The van der Waals surface area contributed by atoms with Gasteiger partial charge in [0.2, 0.25) is 0 Å². The van der Waals surface area contributed by atoms with Crippen LogP contribution in [0.4, 0.5) is 5.82 Å². The third-order valence-electron chi connectivity index (χ3n) is 3.84. The minimum absolute atomic E-state index is 0.0105. The number of fused-ring (bicyclic) bond motifs is 1. The molecule has 2 N–H and O–H groups in total. The van der Waals surface area contributed by atoms with Gasteiger partial charge in [-0.25, -0.2) is 9.78 Å². The molecule has 1 fully saturated rings. The van der Waals surface area contributed by atoms with E-state index in [2.05, 4.69) is 4.98 Å². The van der Waals surface area contributed by atoms with Crippen molar-refractivity contribution in [3.05, 3.63) is 30.1 Å². The highest BCUT2D eigenvalue weighted by Crippen LogP contribution is 2.31. The highest BCUT2D eigenvalue weighted by atomic mass is 16.4. The summed E-state index contributed by atoms with van der Waals surface area (Å²) in [4.78, 5) is 18.0. The van der Waals surface area contributed by atoms with Crippen LogP contribution < -0.4 is 4.90 Å². The molecular formula is C14H17N3O3. The Morgan fingerprint density at radius 2 is 2.25 bits per heavy atom. The zero-order chi connectivity index (χ0) is 14.1. The molecule has 0 aliphatic heterocycles. The van der Waals surface area contributed by atoms with Crippen LogP contribution in [-0.4, -0.2) is 44.8 Å². The molecule has 6 nitrogen and oxygen atoms in total. The van der Waals surface area contributed by atoms with E-state index in [1.807, 2.05) is 11.0 Å². The Labute approximate surface area is 116 Å². The van der Waals surface area contributed by atoms with E-state index in [0.29, 0.717) is 18.0 Å². The molecule has 1 aliphatic rings. The summed E-state index contributed by atoms with van der Waals surface area (Å²) in [5, 5.41) is 18.7. The Morgan fingerprint density at radius 3 is 2.85 bits per heavy atom. The summed E-state index contributed by atoms with van der Waals surface area (Å²) in [6.45, 7) is 0.401. The molecule has 2 aromatic rings. The first kappa shape index (κ1) is 12.9. The Hall–Kier alpha value is -2.08. The van der Waals surface area contributed by atoms with Crippen LogP contribution in [0.1, 0.15) is 29.8 Å². The van der Waals surface area contributed by atoms with E-state index in [-0.39, 0.29) is 18.3 Å². The van der Waals surface area contributed by atoms with Crippen molar-refractivity contribution in [2.24, 2.45) is 0 Å². The number of hydrogen-bond donors (Lipinski definition) is 2. The van der Waals surface area contributed by atoms with Gasteiger partial charge < -0.3 is 15.1 Å². The lowest BCUT2D eigenvalue weighted by Gasteiger charge is -2.37. The van der Waals surface area contributed by atoms with Crippen molar-refractivity contribution in [2.75, 3.05) is 18.1 Å². The van der Waals surface area contributed by atoms with Crippen molar-refractivity contribution < 1.29 is 15.0 Å². The van der Waals surface area contributed by atoms with Gasteiger partial charge in [0.25, 0.3) is 0 Å². The molecule has 6 heteroatoms. The zero-order valence-electron chi connectivity index (χ0n) is 11.1. The molecule has 0 unspecified atom stereocenters. The molecular weight excluding hydrogens is 258 g/mol. The quantitative estimate of drug-likeness (QED) is 0.862. The number of carbonyl (C=O) groups is 1. The second-order valence-electron chi connectivity index (χ2n) is 5.02. The normalized spacial score (nSPS) is 15.2. The van der Waals surface area contributed by atoms with Crippen molar-refractivity contribution in [2.45, 2.75) is 25.3 Å². The van der Waals surface area contributed by atoms with Crippen LogP contribution in [0, 0.1) is 0 Å². The second-order valence-corrected chi connectivity index (χ2v) is 5.02. The number of aromatic carboxylic acids is 1. The molecule has 0 radical (unpaired) electrons. The van der Waals surface area contributed by atoms with Gasteiger partial charge in [-0.05, 0) is 31.4 Å². The number of carboxylic acid groups (broad SMARTS) is 1. The second kappa shape index (κ2) is 5.13. The first-order valence-corrected chi connectivity index (χ1v) is 6.80. The monoisotopic (exact) mass is 275 g/mol. The molecule has 106 valence electrons. The van der Waals surface area contributed by atoms with Crippen LogP contribution >= 0.6 is 0 Å². The topological polar surface area (TPSA) is 78.1 Å². The lowest BCUT2D eigenvalue weighted by molar-refractivity contribution is 0.0689. The number of aromatic nitrogens is 2. The summed E-state index contributed by atoms with van der Waals surface area (Å²) in [5.41, 5.74) is 0.781. The Balaban J connectivity index is 2.12. The van der Waals surface area contributed by atoms with Crippen molar-refractivity contribution >= 4 is 17.4 Å². The van der Waals surface area contributed by atoms with Gasteiger partial charge in [-0.1, -0.05) is 6.07 Å². The maximum absolute atomic E-state index is 11.6. The molecule has 0 bridgehead atoms. The van der Waals surface area contributed by atoms with E-state index in [0.717, 1.165) is 19.3 Å². The van der Waals surface area contributed by atoms with Crippen LogP contribution in [0.15, 0.2) is 24.4 Å². The van der Waals surface area contributed by atoms with Gasteiger partial charge in [-0.15, -0.1) is 0 Å². The van der Waals surface area contributed by atoms with Crippen LogP contribution in [-0.2, 0) is 0 Å². The number of aliphatic hydroxyl groups excluding tert-OH is 1. The lowest BCUT2D eigenvalue weighted by atomic mass is 9.91. The van der Waals surface area contributed by atoms with Gasteiger partial charge in [-0.3, -0.25) is 4.40 Å². The lowest BCUT2D eigenvalue weighted by Crippen LogP contribution is -2.42. The van der Waals surface area contributed by atoms with Gasteiger partial charge >= 0.3 is 5.97 Å². The number of carboxylic acids is 1. The van der Waals surface area contributed by atoms with E-state index >= 15 is 0 Å². The molecule has 3 rings (SSSR count). The molecule has 0 spiro atoms. The van der Waals surface area contributed by atoms with Gasteiger partial charge in [0.1, 0.15) is 5.65 Å². The number of aliphatic hydroxyl groups is 1. The van der Waals surface area contributed by atoms with E-state index in [9.17, 15) is 15.0 Å². The van der Waals surface area contributed by atoms with Crippen molar-refractivity contribution in [1.82, 2.24) is 9.38 Å². The summed E-state index contributed by atoms with van der Waals surface area (Å²) in [5.74, 6) is -0.539. The Morgan fingerprint density at radius 1 is 1.45 bits per heavy atom. The SMILES string of the molecule is O=C(O)c1c(N(CCO)C2CCC2)nc2ccccn12. The molecule has 2 heterocycles. The average Bonchev–Trinajstić information content (AvgIpc) is 2.75. The zero-order valence-corrected chi connectivity index (χ0v) is 11.1. The Kier molecular flexibility index (Phi) is 3.31. The largest absolute Gasteiger partial charge is 0.476 e. The molecule has 1 saturated carbocycles. The molecule has 0 amide bonds. The van der Waals surface area contributed by atoms with Gasteiger partial charge in [0.05, 0.1) is 6.61 Å². The standard InChI is InChI=1S/C14H17N3O3/c18-9-8-16(10-4-3-5-10)13-12(14(19)20)17-7-2-1-6-11(17)15-13/h1-2,6-7,10,18H,3-5,8-9H2,(H,19,20). The van der Waals surface area contributed by atoms with E-state index < -0.39 is 5.97 Å². The maximum atomic E-state index is 11.6. The number of pyridine rings is 1. The highest BCUT2D eigenvalue weighted by molar-refractivity contribution is 5.93. The third-order valence-corrected chi connectivity index (χ3v) is 3.84. The molecule has 20 heavy (non-hydrogen) atoms. The summed E-state index contributed by atoms with van der Waals surface area (Å²) in [6, 6.07) is 5.68. The summed E-state index contributed by atoms with van der Waals surface area (Å²) < 4.78 is 1.58. The van der Waals surface area contributed by atoms with E-state index in [1.54, 1.807) is 22.7 Å². The summed E-state index contributed by atoms with van der Waals surface area (Å²) >= 11 is 0. The van der Waals surface area contributed by atoms with Gasteiger partial charge in [0.15, 0.2) is 11.5 Å². The smallest absolute Gasteiger partial charge is 0.356 e. The first-order valence-electron chi connectivity index (χ1n) is 6.80. The van der Waals surface area contributed by atoms with Crippen LogP contribution in [0.2, 0.25) is 0 Å². The number of rotatable bonds is 5. The molecule has 0 aromatic carbocycles. The number of nitrogens with zero attached hydrogens (tertiary/aromatic N) is 3. The van der Waals surface area contributed by atoms with Crippen LogP contribution in [0.3, 0.4) is 0 Å². The number of anilines is 1. The maximum Gasteiger partial charge on any atom is 0.356 e. The fraction of sp³-hybridized carbons (Fsp3) is 0.429. The number of imidazole rings is 1. The highest BCUT2D eigenvalue weighted by Gasteiger charge is 2.30. The van der Waals surface area contributed by atoms with E-state index in [4.69, 9.17) is 0 Å². The van der Waals surface area contributed by atoms with E-state index in [1.165, 1.54) is 0 Å². The summed E-state index contributed by atoms with van der Waals surface area (Å²) in [7, 11) is 0. The fourth-order valence-electron chi connectivity index (χ4n) is 2.65. The van der Waals surface area contributed by atoms with Crippen LogP contribution in [0.25, 0.3) is 5.65 Å². The predicted molar refractivity (Wildman–Crippen MR) is 74.2 cm³/mol. The Bertz CT molecular complexity index is 634. The third kappa shape index (κ3) is 2.02. The van der Waals surface area contributed by atoms with Crippen LogP contribution in [0.5, 0.6) is 0 Å². The average molecular weight is 275 g/mol. The van der Waals surface area contributed by atoms with Gasteiger partial charge in [-0.2, -0.15) is 0 Å². The molecule has 1 aliphatic carbocycles. The summed E-state index contributed by atoms with van der Waals surface area (Å²) in [6.07, 6.45) is 4.88. The minimum Gasteiger partial charge on any atom is -0.476 e. The number of hydrogen-bond acceptors (Lipinski definition) is 4. The van der Waals surface area contributed by atoms with Crippen molar-refractivity contribution in [3.8, 4) is 0 Å². The molecule has 2 aromatic heterocycles. The molecule has 0 atom stereocenters. The first-order chi connectivity index (χ1) is 9.72. The fourth-order valence-corrected chi connectivity index (χ4v) is 2.65.